The molecule has 0 radical (unpaired) electrons. The molecule has 0 saturated heterocycles. The number of alkyl halides is 1. The van der Waals surface area contributed by atoms with Gasteiger partial charge in [-0.3, -0.25) is 0 Å². The highest BCUT2D eigenvalue weighted by atomic mass is 79.9. The lowest BCUT2D eigenvalue weighted by Crippen LogP contribution is -2.52. The van der Waals surface area contributed by atoms with E-state index in [-0.39, 0.29) is 5.54 Å². The Morgan fingerprint density at radius 3 is 2.67 bits per heavy atom. The van der Waals surface area contributed by atoms with Crippen molar-refractivity contribution in [2.45, 2.75) is 56.9 Å². The number of aryl methyl sites for hydroxylation is 2. The standard InChI is InChI=1S/C16H24BrNO2S/c1-12-6-7-15(14(3)9-12)21(19,20)18-16(11-17)8-4-5-13(2)10-16/h6-7,9,13,18H,4-5,8,10-11H2,1-3H3. The van der Waals surface area contributed by atoms with Crippen LogP contribution < -0.4 is 4.72 Å². The van der Waals surface area contributed by atoms with Crippen molar-refractivity contribution < 1.29 is 8.42 Å². The Kier molecular flexibility index (Phi) is 5.16. The molecule has 1 fully saturated rings. The molecule has 2 rings (SSSR count). The van der Waals surface area contributed by atoms with E-state index in [9.17, 15) is 8.42 Å². The summed E-state index contributed by atoms with van der Waals surface area (Å²) in [5.41, 5.74) is 1.53. The van der Waals surface area contributed by atoms with Gasteiger partial charge in [0.25, 0.3) is 0 Å². The van der Waals surface area contributed by atoms with Crippen LogP contribution in [0.1, 0.15) is 43.7 Å². The molecule has 1 aromatic carbocycles. The SMILES string of the molecule is Cc1ccc(S(=O)(=O)NC2(CBr)CCCC(C)C2)c(C)c1. The van der Waals surface area contributed by atoms with Crippen LogP contribution in [-0.4, -0.2) is 19.3 Å². The fourth-order valence-corrected chi connectivity index (χ4v) is 5.84. The first kappa shape index (κ1) is 17.0. The number of nitrogens with one attached hydrogen (secondary N) is 1. The minimum Gasteiger partial charge on any atom is -0.207 e. The number of sulfonamides is 1. The average Bonchev–Trinajstić information content (AvgIpc) is 2.37. The maximum absolute atomic E-state index is 12.8. The minimum atomic E-state index is -3.48. The number of benzene rings is 1. The van der Waals surface area contributed by atoms with Gasteiger partial charge >= 0.3 is 0 Å². The van der Waals surface area contributed by atoms with Crippen molar-refractivity contribution in [2.24, 2.45) is 5.92 Å². The molecule has 0 spiro atoms. The van der Waals surface area contributed by atoms with Gasteiger partial charge in [-0.2, -0.15) is 0 Å². The number of hydrogen-bond donors (Lipinski definition) is 1. The average molecular weight is 374 g/mol. The molecule has 0 amide bonds. The summed E-state index contributed by atoms with van der Waals surface area (Å²) in [7, 11) is -3.48. The summed E-state index contributed by atoms with van der Waals surface area (Å²) in [6.45, 7) is 6.02. The zero-order valence-corrected chi connectivity index (χ0v) is 15.4. The highest BCUT2D eigenvalue weighted by Gasteiger charge is 2.38. The summed E-state index contributed by atoms with van der Waals surface area (Å²) >= 11 is 3.52. The molecular weight excluding hydrogens is 350 g/mol. The molecule has 1 aromatic rings. The summed E-state index contributed by atoms with van der Waals surface area (Å²) in [5.74, 6) is 0.554. The molecule has 2 unspecified atom stereocenters. The quantitative estimate of drug-likeness (QED) is 0.812. The molecule has 0 bridgehead atoms. The first-order valence-electron chi connectivity index (χ1n) is 7.45. The molecule has 3 nitrogen and oxygen atoms in total. The van der Waals surface area contributed by atoms with Gasteiger partial charge < -0.3 is 0 Å². The number of halogens is 1. The molecule has 1 N–H and O–H groups in total. The Balaban J connectivity index is 2.31. The molecule has 1 saturated carbocycles. The molecule has 5 heteroatoms. The van der Waals surface area contributed by atoms with Gasteiger partial charge in [0.2, 0.25) is 10.0 Å². The van der Waals surface area contributed by atoms with E-state index < -0.39 is 10.0 Å². The smallest absolute Gasteiger partial charge is 0.207 e. The van der Waals surface area contributed by atoms with Crippen LogP contribution in [0.15, 0.2) is 23.1 Å². The van der Waals surface area contributed by atoms with Crippen LogP contribution in [0.2, 0.25) is 0 Å². The predicted molar refractivity (Wildman–Crippen MR) is 90.4 cm³/mol. The topological polar surface area (TPSA) is 46.2 Å². The summed E-state index contributed by atoms with van der Waals surface area (Å²) < 4.78 is 28.5. The Hall–Kier alpha value is -0.390. The summed E-state index contributed by atoms with van der Waals surface area (Å²) in [5, 5.41) is 0.661. The molecule has 118 valence electrons. The van der Waals surface area contributed by atoms with E-state index in [4.69, 9.17) is 0 Å². The van der Waals surface area contributed by atoms with E-state index in [0.29, 0.717) is 16.1 Å². The summed E-state index contributed by atoms with van der Waals surface area (Å²) in [4.78, 5) is 0.395. The van der Waals surface area contributed by atoms with Crippen LogP contribution in [0.3, 0.4) is 0 Å². The summed E-state index contributed by atoms with van der Waals surface area (Å²) in [6, 6.07) is 5.48. The van der Waals surface area contributed by atoms with Gasteiger partial charge in [-0.1, -0.05) is 53.4 Å². The first-order valence-corrected chi connectivity index (χ1v) is 10.1. The van der Waals surface area contributed by atoms with E-state index >= 15 is 0 Å². The van der Waals surface area contributed by atoms with Crippen molar-refractivity contribution in [2.75, 3.05) is 5.33 Å². The largest absolute Gasteiger partial charge is 0.241 e. The molecule has 0 heterocycles. The Morgan fingerprint density at radius 2 is 2.10 bits per heavy atom. The second-order valence-corrected chi connectivity index (χ2v) is 8.70. The molecule has 2 atom stereocenters. The highest BCUT2D eigenvalue weighted by molar-refractivity contribution is 9.09. The van der Waals surface area contributed by atoms with Gasteiger partial charge in [0, 0.05) is 10.9 Å². The minimum absolute atomic E-state index is 0.353. The predicted octanol–water partition coefficient (Wildman–Crippen LogP) is 3.93. The number of rotatable bonds is 4. The lowest BCUT2D eigenvalue weighted by atomic mass is 9.78. The van der Waals surface area contributed by atoms with E-state index in [1.54, 1.807) is 6.07 Å². The van der Waals surface area contributed by atoms with Gasteiger partial charge in [-0.25, -0.2) is 13.1 Å². The van der Waals surface area contributed by atoms with Crippen molar-refractivity contribution in [1.29, 1.82) is 0 Å². The van der Waals surface area contributed by atoms with Crippen molar-refractivity contribution in [1.82, 2.24) is 4.72 Å². The Bertz CT molecular complexity index is 615. The first-order chi connectivity index (χ1) is 9.78. The zero-order valence-electron chi connectivity index (χ0n) is 12.9. The number of hydrogen-bond acceptors (Lipinski definition) is 2. The third-order valence-corrected chi connectivity index (χ3v) is 7.13. The lowest BCUT2D eigenvalue weighted by molar-refractivity contribution is 0.241. The van der Waals surface area contributed by atoms with Crippen molar-refractivity contribution in [3.8, 4) is 0 Å². The fourth-order valence-electron chi connectivity index (χ4n) is 3.34. The van der Waals surface area contributed by atoms with Gasteiger partial charge in [0.05, 0.1) is 4.90 Å². The summed E-state index contributed by atoms with van der Waals surface area (Å²) in [6.07, 6.45) is 4.04. The Morgan fingerprint density at radius 1 is 1.38 bits per heavy atom. The van der Waals surface area contributed by atoms with E-state index in [1.807, 2.05) is 26.0 Å². The molecule has 1 aliphatic carbocycles. The lowest BCUT2D eigenvalue weighted by Gasteiger charge is -2.39. The zero-order chi connectivity index (χ0) is 15.7. The van der Waals surface area contributed by atoms with Gasteiger partial charge in [-0.15, -0.1) is 0 Å². The van der Waals surface area contributed by atoms with Gasteiger partial charge in [-0.05, 0) is 44.2 Å². The second-order valence-electron chi connectivity index (χ2n) is 6.49. The monoisotopic (exact) mass is 373 g/mol. The fraction of sp³-hybridized carbons (Fsp3) is 0.625. The molecule has 0 aliphatic heterocycles. The van der Waals surface area contributed by atoms with Gasteiger partial charge in [0.15, 0.2) is 0 Å². The molecule has 21 heavy (non-hydrogen) atoms. The van der Waals surface area contributed by atoms with Crippen molar-refractivity contribution in [3.63, 3.8) is 0 Å². The third kappa shape index (κ3) is 3.88. The second kappa shape index (κ2) is 6.39. The van der Waals surface area contributed by atoms with E-state index in [2.05, 4.69) is 27.6 Å². The van der Waals surface area contributed by atoms with E-state index in [0.717, 1.165) is 30.4 Å². The highest BCUT2D eigenvalue weighted by Crippen LogP contribution is 2.35. The van der Waals surface area contributed by atoms with Gasteiger partial charge in [0.1, 0.15) is 0 Å². The Labute approximate surface area is 136 Å². The third-order valence-electron chi connectivity index (χ3n) is 4.32. The molecule has 0 aromatic heterocycles. The normalized spacial score (nSPS) is 26.8. The van der Waals surface area contributed by atoms with Crippen LogP contribution in [0, 0.1) is 19.8 Å². The van der Waals surface area contributed by atoms with Crippen LogP contribution in [-0.2, 0) is 10.0 Å². The maximum atomic E-state index is 12.8. The van der Waals surface area contributed by atoms with Crippen LogP contribution >= 0.6 is 15.9 Å². The molecular formula is C16H24BrNO2S. The van der Waals surface area contributed by atoms with E-state index in [1.165, 1.54) is 6.42 Å². The van der Waals surface area contributed by atoms with Crippen LogP contribution in [0.5, 0.6) is 0 Å². The molecule has 1 aliphatic rings. The van der Waals surface area contributed by atoms with Crippen LogP contribution in [0.4, 0.5) is 0 Å². The van der Waals surface area contributed by atoms with Crippen molar-refractivity contribution in [3.05, 3.63) is 29.3 Å². The maximum Gasteiger partial charge on any atom is 0.241 e. The van der Waals surface area contributed by atoms with Crippen LogP contribution in [0.25, 0.3) is 0 Å². The van der Waals surface area contributed by atoms with Crippen molar-refractivity contribution >= 4 is 26.0 Å².